The minimum Gasteiger partial charge on any atom is -0.350 e. The molecule has 1 aliphatic rings. The lowest BCUT2D eigenvalue weighted by molar-refractivity contribution is -0.115. The fraction of sp³-hybridized carbons (Fsp3) is 0.278. The number of anilines is 2. The minimum atomic E-state index is -0.407. The van der Waals surface area contributed by atoms with Gasteiger partial charge < -0.3 is 15.5 Å². The second kappa shape index (κ2) is 8.47. The topological polar surface area (TPSA) is 111 Å². The minimum absolute atomic E-state index is 0.0497. The molecule has 1 saturated heterocycles. The van der Waals surface area contributed by atoms with Crippen LogP contribution in [0.5, 0.6) is 0 Å². The first kappa shape index (κ1) is 18.6. The second-order valence-electron chi connectivity index (χ2n) is 6.07. The number of nitrogens with one attached hydrogen (secondary N) is 2. The van der Waals surface area contributed by atoms with Gasteiger partial charge in [-0.15, -0.1) is 0 Å². The van der Waals surface area contributed by atoms with Gasteiger partial charge in [0.1, 0.15) is 6.42 Å². The first-order chi connectivity index (χ1) is 13.0. The molecule has 0 radical (unpaired) electrons. The summed E-state index contributed by atoms with van der Waals surface area (Å²) in [4.78, 5) is 34.2. The van der Waals surface area contributed by atoms with Gasteiger partial charge in [-0.05, 0) is 24.6 Å². The highest BCUT2D eigenvalue weighted by atomic mass is 35.5. The summed E-state index contributed by atoms with van der Waals surface area (Å²) in [6, 6.07) is 8.52. The third kappa shape index (κ3) is 4.92. The number of benzene rings is 1. The zero-order valence-corrected chi connectivity index (χ0v) is 15.1. The molecular weight excluding hydrogens is 368 g/mol. The number of amides is 2. The van der Waals surface area contributed by atoms with E-state index in [0.717, 1.165) is 6.42 Å². The van der Waals surface area contributed by atoms with Crippen LogP contribution < -0.4 is 10.6 Å². The van der Waals surface area contributed by atoms with Crippen molar-refractivity contribution in [1.29, 1.82) is 5.26 Å². The number of nitrogens with zero attached hydrogens (tertiary/aromatic N) is 4. The van der Waals surface area contributed by atoms with Gasteiger partial charge in [0.25, 0.3) is 5.91 Å². The molecule has 0 spiro atoms. The summed E-state index contributed by atoms with van der Waals surface area (Å²) in [6.07, 6.45) is 3.57. The van der Waals surface area contributed by atoms with Crippen molar-refractivity contribution in [1.82, 2.24) is 14.9 Å². The molecule has 3 rings (SSSR count). The van der Waals surface area contributed by atoms with Crippen molar-refractivity contribution in [3.63, 3.8) is 0 Å². The summed E-state index contributed by atoms with van der Waals surface area (Å²) >= 11 is 5.77. The number of carbonyl (C=O) groups excluding carboxylic acids is 2. The molecule has 27 heavy (non-hydrogen) atoms. The van der Waals surface area contributed by atoms with E-state index in [1.807, 2.05) is 0 Å². The Morgan fingerprint density at radius 2 is 2.11 bits per heavy atom. The van der Waals surface area contributed by atoms with Gasteiger partial charge in [-0.1, -0.05) is 17.7 Å². The van der Waals surface area contributed by atoms with E-state index in [2.05, 4.69) is 20.6 Å². The van der Waals surface area contributed by atoms with E-state index < -0.39 is 5.91 Å². The maximum absolute atomic E-state index is 12.7. The Hall–Kier alpha value is -3.18. The van der Waals surface area contributed by atoms with Crippen molar-refractivity contribution >= 4 is 35.1 Å². The Kier molecular flexibility index (Phi) is 5.84. The van der Waals surface area contributed by atoms with Gasteiger partial charge in [0.05, 0.1) is 23.5 Å². The van der Waals surface area contributed by atoms with Crippen LogP contribution in [-0.2, 0) is 4.79 Å². The molecule has 1 fully saturated rings. The highest BCUT2D eigenvalue weighted by molar-refractivity contribution is 6.30. The molecule has 0 unspecified atom stereocenters. The number of halogens is 1. The highest BCUT2D eigenvalue weighted by Crippen LogP contribution is 2.19. The van der Waals surface area contributed by atoms with Crippen molar-refractivity contribution < 1.29 is 9.59 Å². The van der Waals surface area contributed by atoms with Crippen LogP contribution in [0.1, 0.15) is 23.2 Å². The van der Waals surface area contributed by atoms with Gasteiger partial charge >= 0.3 is 0 Å². The molecule has 1 atom stereocenters. The van der Waals surface area contributed by atoms with Gasteiger partial charge in [0.2, 0.25) is 11.9 Å². The molecule has 1 aliphatic heterocycles. The van der Waals surface area contributed by atoms with E-state index in [0.29, 0.717) is 35.3 Å². The third-order valence-electron chi connectivity index (χ3n) is 4.06. The van der Waals surface area contributed by atoms with Crippen LogP contribution >= 0.6 is 11.6 Å². The highest BCUT2D eigenvalue weighted by Gasteiger charge is 2.27. The third-order valence-corrected chi connectivity index (χ3v) is 4.26. The van der Waals surface area contributed by atoms with Gasteiger partial charge in [0, 0.05) is 30.4 Å². The van der Waals surface area contributed by atoms with E-state index in [1.165, 1.54) is 12.4 Å². The van der Waals surface area contributed by atoms with E-state index in [4.69, 9.17) is 16.9 Å². The number of nitriles is 1. The fourth-order valence-electron chi connectivity index (χ4n) is 2.82. The summed E-state index contributed by atoms with van der Waals surface area (Å²) in [7, 11) is 0. The molecule has 2 N–H and O–H groups in total. The molecule has 9 heteroatoms. The number of hydrogen-bond acceptors (Lipinski definition) is 6. The average Bonchev–Trinajstić information content (AvgIpc) is 3.12. The van der Waals surface area contributed by atoms with Gasteiger partial charge in [0.15, 0.2) is 0 Å². The summed E-state index contributed by atoms with van der Waals surface area (Å²) in [5.74, 6) is -0.0518. The van der Waals surface area contributed by atoms with Crippen LogP contribution in [0.2, 0.25) is 5.02 Å². The summed E-state index contributed by atoms with van der Waals surface area (Å²) in [5, 5.41) is 14.8. The van der Waals surface area contributed by atoms with Crippen molar-refractivity contribution in [3.05, 3.63) is 47.2 Å². The molecule has 1 aromatic carbocycles. The van der Waals surface area contributed by atoms with E-state index in [9.17, 15) is 9.59 Å². The number of rotatable bonds is 5. The van der Waals surface area contributed by atoms with Crippen LogP contribution in [-0.4, -0.2) is 45.8 Å². The molecule has 2 heterocycles. The van der Waals surface area contributed by atoms with Crippen molar-refractivity contribution in [2.24, 2.45) is 0 Å². The standard InChI is InChI=1S/C18H17ClN6O2/c19-13-9-21-18(22-10-13)24-15-5-7-25(11-15)17(27)12-2-1-3-14(8-12)23-16(26)4-6-20/h1-3,8-10,15H,4-5,7,11H2,(H,23,26)(H,21,22,24)/t15-/m0/s1. The smallest absolute Gasteiger partial charge is 0.254 e. The summed E-state index contributed by atoms with van der Waals surface area (Å²) in [6.45, 7) is 1.13. The van der Waals surface area contributed by atoms with Crippen LogP contribution in [0.25, 0.3) is 0 Å². The van der Waals surface area contributed by atoms with E-state index >= 15 is 0 Å². The second-order valence-corrected chi connectivity index (χ2v) is 6.51. The maximum atomic E-state index is 12.7. The van der Waals surface area contributed by atoms with Crippen molar-refractivity contribution in [2.45, 2.75) is 18.9 Å². The first-order valence-corrected chi connectivity index (χ1v) is 8.73. The van der Waals surface area contributed by atoms with Crippen LogP contribution in [0.4, 0.5) is 11.6 Å². The largest absolute Gasteiger partial charge is 0.350 e. The Labute approximate surface area is 161 Å². The molecule has 1 aromatic heterocycles. The van der Waals surface area contributed by atoms with Gasteiger partial charge in [-0.2, -0.15) is 5.26 Å². The molecule has 8 nitrogen and oxygen atoms in total. The normalized spacial score (nSPS) is 15.9. The average molecular weight is 385 g/mol. The van der Waals surface area contributed by atoms with Crippen molar-refractivity contribution in [3.8, 4) is 6.07 Å². The van der Waals surface area contributed by atoms with Crippen LogP contribution in [0.3, 0.4) is 0 Å². The van der Waals surface area contributed by atoms with Gasteiger partial charge in [-0.3, -0.25) is 9.59 Å². The molecular formula is C18H17ClN6O2. The Morgan fingerprint density at radius 1 is 1.33 bits per heavy atom. The molecule has 138 valence electrons. The predicted molar refractivity (Wildman–Crippen MR) is 100 cm³/mol. The lowest BCUT2D eigenvalue weighted by Crippen LogP contribution is -2.31. The number of aromatic nitrogens is 2. The lowest BCUT2D eigenvalue weighted by atomic mass is 10.1. The van der Waals surface area contributed by atoms with Crippen LogP contribution in [0.15, 0.2) is 36.7 Å². The maximum Gasteiger partial charge on any atom is 0.254 e. The number of likely N-dealkylation sites (tertiary alicyclic amines) is 1. The quantitative estimate of drug-likeness (QED) is 0.818. The summed E-state index contributed by atoms with van der Waals surface area (Å²) in [5.41, 5.74) is 0.970. The first-order valence-electron chi connectivity index (χ1n) is 8.35. The fourth-order valence-corrected chi connectivity index (χ4v) is 2.92. The molecule has 0 aliphatic carbocycles. The monoisotopic (exact) mass is 384 g/mol. The number of carbonyl (C=O) groups is 2. The predicted octanol–water partition coefficient (Wildman–Crippen LogP) is 2.31. The van der Waals surface area contributed by atoms with E-state index in [-0.39, 0.29) is 18.4 Å². The van der Waals surface area contributed by atoms with Crippen LogP contribution in [0, 0.1) is 11.3 Å². The SMILES string of the molecule is N#CCC(=O)Nc1cccc(C(=O)N2CC[C@H](Nc3ncc(Cl)cn3)C2)c1. The Bertz CT molecular complexity index is 880. The zero-order chi connectivity index (χ0) is 19.2. The van der Waals surface area contributed by atoms with Crippen molar-refractivity contribution in [2.75, 3.05) is 23.7 Å². The zero-order valence-electron chi connectivity index (χ0n) is 14.4. The van der Waals surface area contributed by atoms with Gasteiger partial charge in [-0.25, -0.2) is 9.97 Å². The lowest BCUT2D eigenvalue weighted by Gasteiger charge is -2.17. The Balaban J connectivity index is 1.60. The summed E-state index contributed by atoms with van der Waals surface area (Å²) < 4.78 is 0. The molecule has 0 saturated carbocycles. The molecule has 2 amide bonds. The van der Waals surface area contributed by atoms with E-state index in [1.54, 1.807) is 35.2 Å². The molecule has 0 bridgehead atoms. The molecule has 2 aromatic rings. The number of hydrogen-bond donors (Lipinski definition) is 2. The Morgan fingerprint density at radius 3 is 2.85 bits per heavy atom.